The van der Waals surface area contributed by atoms with Gasteiger partial charge in [0.1, 0.15) is 4.90 Å². The van der Waals surface area contributed by atoms with E-state index in [2.05, 4.69) is 18.9 Å². The molecule has 0 saturated carbocycles. The lowest BCUT2D eigenvalue weighted by atomic mass is 10.1. The van der Waals surface area contributed by atoms with Crippen LogP contribution in [0.4, 0.5) is 0 Å². The molecule has 0 aromatic carbocycles. The van der Waals surface area contributed by atoms with Crippen LogP contribution < -0.4 is 5.69 Å². The van der Waals surface area contributed by atoms with Crippen molar-refractivity contribution in [3.63, 3.8) is 0 Å². The number of aromatic nitrogens is 3. The van der Waals surface area contributed by atoms with Crippen molar-refractivity contribution in [2.45, 2.75) is 31.7 Å². The second-order valence-electron chi connectivity index (χ2n) is 6.27. The smallest absolute Gasteiger partial charge is 0.350 e. The Hall–Kier alpha value is -1.71. The Morgan fingerprint density at radius 1 is 1.29 bits per heavy atom. The zero-order valence-electron chi connectivity index (χ0n) is 13.9. The van der Waals surface area contributed by atoms with Crippen LogP contribution in [0.3, 0.4) is 0 Å². The Labute approximate surface area is 140 Å². The molecule has 1 fully saturated rings. The number of morpholine rings is 1. The van der Waals surface area contributed by atoms with Crippen molar-refractivity contribution in [2.24, 2.45) is 5.92 Å². The van der Waals surface area contributed by atoms with Crippen molar-refractivity contribution in [1.29, 1.82) is 0 Å². The molecule has 0 amide bonds. The minimum absolute atomic E-state index is 0.0623. The molecule has 2 aromatic heterocycles. The molecule has 1 saturated heterocycles. The Balaban J connectivity index is 2.05. The van der Waals surface area contributed by atoms with E-state index >= 15 is 0 Å². The summed E-state index contributed by atoms with van der Waals surface area (Å²) in [5.41, 5.74) is -0.137. The lowest BCUT2D eigenvalue weighted by molar-refractivity contribution is 0.0730. The summed E-state index contributed by atoms with van der Waals surface area (Å²) in [5.74, 6) is 0.429. The molecule has 1 aliphatic rings. The lowest BCUT2D eigenvalue weighted by Crippen LogP contribution is -2.40. The monoisotopic (exact) mass is 354 g/mol. The van der Waals surface area contributed by atoms with E-state index in [1.54, 1.807) is 12.3 Å². The molecule has 0 bridgehead atoms. The topological polar surface area (TPSA) is 85.9 Å². The van der Waals surface area contributed by atoms with Gasteiger partial charge in [0.25, 0.3) is 0 Å². The maximum absolute atomic E-state index is 12.9. The molecule has 3 rings (SSSR count). The molecule has 2 aromatic rings. The van der Waals surface area contributed by atoms with Crippen LogP contribution in [0.25, 0.3) is 5.65 Å². The Bertz CT molecular complexity index is 879. The first-order chi connectivity index (χ1) is 11.4. The molecule has 3 heterocycles. The van der Waals surface area contributed by atoms with Crippen molar-refractivity contribution in [3.05, 3.63) is 28.8 Å². The summed E-state index contributed by atoms with van der Waals surface area (Å²) in [6, 6.07) is 3.07. The molecular formula is C15H22N4O4S. The van der Waals surface area contributed by atoms with E-state index in [-0.39, 0.29) is 16.2 Å². The molecule has 0 spiro atoms. The third kappa shape index (κ3) is 3.11. The van der Waals surface area contributed by atoms with E-state index in [4.69, 9.17) is 4.74 Å². The van der Waals surface area contributed by atoms with Crippen LogP contribution in [0.2, 0.25) is 0 Å². The second kappa shape index (κ2) is 6.66. The molecule has 24 heavy (non-hydrogen) atoms. The molecule has 8 nitrogen and oxygen atoms in total. The number of pyridine rings is 1. The summed E-state index contributed by atoms with van der Waals surface area (Å²) >= 11 is 0. The van der Waals surface area contributed by atoms with Gasteiger partial charge in [-0.05, 0) is 24.5 Å². The van der Waals surface area contributed by atoms with Crippen molar-refractivity contribution in [2.75, 3.05) is 26.3 Å². The molecule has 0 N–H and O–H groups in total. The number of fused-ring (bicyclic) bond motifs is 1. The average molecular weight is 354 g/mol. The van der Waals surface area contributed by atoms with Crippen LogP contribution in [0, 0.1) is 5.92 Å². The average Bonchev–Trinajstić information content (AvgIpc) is 2.90. The van der Waals surface area contributed by atoms with Gasteiger partial charge < -0.3 is 4.74 Å². The molecule has 132 valence electrons. The third-order valence-electron chi connectivity index (χ3n) is 4.08. The summed E-state index contributed by atoms with van der Waals surface area (Å²) in [6.07, 6.45) is 2.35. The molecule has 1 aliphatic heterocycles. The maximum Gasteiger partial charge on any atom is 0.350 e. The van der Waals surface area contributed by atoms with Crippen LogP contribution in [0.15, 0.2) is 28.0 Å². The van der Waals surface area contributed by atoms with Crippen LogP contribution in [0.5, 0.6) is 0 Å². The van der Waals surface area contributed by atoms with Gasteiger partial charge in [-0.15, -0.1) is 5.10 Å². The SMILES string of the molecule is CC(C)CCn1nc2c(S(=O)(=O)N3CCOCC3)cccn2c1=O. The predicted molar refractivity (Wildman–Crippen MR) is 88.5 cm³/mol. The zero-order valence-corrected chi connectivity index (χ0v) is 14.7. The summed E-state index contributed by atoms with van der Waals surface area (Å²) in [6.45, 7) is 5.96. The minimum Gasteiger partial charge on any atom is -0.379 e. The van der Waals surface area contributed by atoms with Crippen molar-refractivity contribution in [1.82, 2.24) is 18.5 Å². The highest BCUT2D eigenvalue weighted by molar-refractivity contribution is 7.89. The molecule has 9 heteroatoms. The van der Waals surface area contributed by atoms with Crippen molar-refractivity contribution >= 4 is 15.7 Å². The Morgan fingerprint density at radius 2 is 2.00 bits per heavy atom. The largest absolute Gasteiger partial charge is 0.379 e. The van der Waals surface area contributed by atoms with Crippen LogP contribution >= 0.6 is 0 Å². The van der Waals surface area contributed by atoms with Crippen LogP contribution in [-0.2, 0) is 21.3 Å². The molecule has 0 atom stereocenters. The minimum atomic E-state index is -3.71. The first kappa shape index (κ1) is 17.1. The number of ether oxygens (including phenoxy) is 1. The van der Waals surface area contributed by atoms with Gasteiger partial charge in [0.2, 0.25) is 10.0 Å². The van der Waals surface area contributed by atoms with Crippen LogP contribution in [0.1, 0.15) is 20.3 Å². The van der Waals surface area contributed by atoms with E-state index in [1.165, 1.54) is 19.5 Å². The van der Waals surface area contributed by atoms with Gasteiger partial charge in [-0.3, -0.25) is 0 Å². The first-order valence-corrected chi connectivity index (χ1v) is 9.51. The molecule has 0 aliphatic carbocycles. The highest BCUT2D eigenvalue weighted by Gasteiger charge is 2.29. The lowest BCUT2D eigenvalue weighted by Gasteiger charge is -2.25. The van der Waals surface area contributed by atoms with E-state index in [0.29, 0.717) is 38.8 Å². The summed E-state index contributed by atoms with van der Waals surface area (Å²) in [4.78, 5) is 12.5. The zero-order chi connectivity index (χ0) is 17.3. The standard InChI is InChI=1S/C15H22N4O4S/c1-12(2)5-7-19-15(20)18-6-3-4-13(14(18)16-19)24(21,22)17-8-10-23-11-9-17/h3-4,6,12H,5,7-11H2,1-2H3. The molecular weight excluding hydrogens is 332 g/mol. The van der Waals surface area contributed by atoms with Gasteiger partial charge in [0.05, 0.1) is 13.2 Å². The highest BCUT2D eigenvalue weighted by Crippen LogP contribution is 2.20. The third-order valence-corrected chi connectivity index (χ3v) is 6.00. The van der Waals surface area contributed by atoms with E-state index in [1.807, 2.05) is 0 Å². The fourth-order valence-corrected chi connectivity index (χ4v) is 4.20. The van der Waals surface area contributed by atoms with Crippen molar-refractivity contribution in [3.8, 4) is 0 Å². The van der Waals surface area contributed by atoms with Crippen molar-refractivity contribution < 1.29 is 13.2 Å². The van der Waals surface area contributed by atoms with Gasteiger partial charge in [0.15, 0.2) is 5.65 Å². The van der Waals surface area contributed by atoms with E-state index < -0.39 is 10.0 Å². The summed E-state index contributed by atoms with van der Waals surface area (Å²) in [5, 5.41) is 4.28. The summed E-state index contributed by atoms with van der Waals surface area (Å²) < 4.78 is 35.0. The first-order valence-electron chi connectivity index (χ1n) is 8.07. The van der Waals surface area contributed by atoms with Gasteiger partial charge >= 0.3 is 5.69 Å². The fraction of sp³-hybridized carbons (Fsp3) is 0.600. The number of hydrogen-bond donors (Lipinski definition) is 0. The molecule has 0 unspecified atom stereocenters. The highest BCUT2D eigenvalue weighted by atomic mass is 32.2. The number of aryl methyl sites for hydroxylation is 1. The van der Waals surface area contributed by atoms with Gasteiger partial charge in [0, 0.05) is 25.8 Å². The van der Waals surface area contributed by atoms with E-state index in [9.17, 15) is 13.2 Å². The Kier molecular flexibility index (Phi) is 4.75. The number of nitrogens with zero attached hydrogens (tertiary/aromatic N) is 4. The number of sulfonamides is 1. The fourth-order valence-electron chi connectivity index (χ4n) is 2.67. The maximum atomic E-state index is 12.9. The van der Waals surface area contributed by atoms with Gasteiger partial charge in [-0.25, -0.2) is 22.3 Å². The number of rotatable bonds is 5. The van der Waals surface area contributed by atoms with Gasteiger partial charge in [-0.2, -0.15) is 4.31 Å². The van der Waals surface area contributed by atoms with E-state index in [0.717, 1.165) is 6.42 Å². The normalized spacial score (nSPS) is 17.0. The number of hydrogen-bond acceptors (Lipinski definition) is 5. The molecule has 0 radical (unpaired) electrons. The van der Waals surface area contributed by atoms with Crippen LogP contribution in [-0.4, -0.2) is 53.2 Å². The predicted octanol–water partition coefficient (Wildman–Crippen LogP) is 0.563. The quantitative estimate of drug-likeness (QED) is 0.783. The second-order valence-corrected chi connectivity index (χ2v) is 8.18. The Morgan fingerprint density at radius 3 is 2.67 bits per heavy atom. The summed E-state index contributed by atoms with van der Waals surface area (Å²) in [7, 11) is -3.71. The van der Waals surface area contributed by atoms with Gasteiger partial charge in [-0.1, -0.05) is 13.8 Å².